The molecule has 0 aromatic heterocycles. The average molecular weight is 238 g/mol. The molecule has 1 aromatic rings. The van der Waals surface area contributed by atoms with Crippen LogP contribution < -0.4 is 11.1 Å². The van der Waals surface area contributed by atoms with Crippen LogP contribution in [0.2, 0.25) is 0 Å². The first-order chi connectivity index (χ1) is 5.25. The Bertz CT molecular complexity index is 238. The van der Waals surface area contributed by atoms with E-state index in [0.29, 0.717) is 6.04 Å². The van der Waals surface area contributed by atoms with Crippen LogP contribution in [0.5, 0.6) is 0 Å². The van der Waals surface area contributed by atoms with Crippen LogP contribution in [-0.2, 0) is 32.7 Å². The maximum absolute atomic E-state index is 5.74. The van der Waals surface area contributed by atoms with E-state index in [2.05, 4.69) is 18.3 Å². The van der Waals surface area contributed by atoms with Gasteiger partial charge in [0.25, 0.3) is 0 Å². The molecule has 0 bridgehead atoms. The molecule has 1 atom stereocenters. The summed E-state index contributed by atoms with van der Waals surface area (Å²) in [5.74, 6) is 0. The number of nitrogens with one attached hydrogen (secondary N) is 1. The van der Waals surface area contributed by atoms with Gasteiger partial charge in [-0.2, -0.15) is 18.2 Å². The van der Waals surface area contributed by atoms with E-state index in [1.807, 2.05) is 25.2 Å². The molecule has 2 nitrogen and oxygen atoms in total. The van der Waals surface area contributed by atoms with E-state index in [9.17, 15) is 0 Å². The zero-order valence-corrected chi connectivity index (χ0v) is 10.3. The van der Waals surface area contributed by atoms with Crippen molar-refractivity contribution in [1.82, 2.24) is 5.32 Å². The van der Waals surface area contributed by atoms with Gasteiger partial charge in [-0.3, -0.25) is 0 Å². The van der Waals surface area contributed by atoms with E-state index in [0.717, 1.165) is 11.3 Å². The molecule has 0 aliphatic heterocycles. The number of rotatable bonds is 2. The third-order valence-electron chi connectivity index (χ3n) is 1.83. The zero-order valence-electron chi connectivity index (χ0n) is 7.46. The molecule has 0 radical (unpaired) electrons. The molecule has 60 valence electrons. The molecule has 12 heavy (non-hydrogen) atoms. The van der Waals surface area contributed by atoms with E-state index in [4.69, 9.17) is 5.73 Å². The molecule has 1 unspecified atom stereocenters. The van der Waals surface area contributed by atoms with Crippen LogP contribution >= 0.6 is 0 Å². The van der Waals surface area contributed by atoms with Crippen molar-refractivity contribution in [3.8, 4) is 0 Å². The average Bonchev–Trinajstić information content (AvgIpc) is 2.04. The van der Waals surface area contributed by atoms with Crippen LogP contribution in [0.4, 0.5) is 5.69 Å². The number of hydrogen-bond donors (Lipinski definition) is 2. The van der Waals surface area contributed by atoms with Crippen molar-refractivity contribution in [2.75, 3.05) is 12.8 Å². The smallest absolute Gasteiger partial charge is 0.419 e. The first-order valence-corrected chi connectivity index (χ1v) is 3.68. The quantitative estimate of drug-likeness (QED) is 0.602. The summed E-state index contributed by atoms with van der Waals surface area (Å²) in [6.45, 7) is 2.07. The maximum Gasteiger partial charge on any atom is 3.00 e. The van der Waals surface area contributed by atoms with Gasteiger partial charge < -0.3 is 11.1 Å². The summed E-state index contributed by atoms with van der Waals surface area (Å²) in [5, 5.41) is 3.12. The Labute approximate surface area is 98.8 Å². The Morgan fingerprint density at radius 3 is 2.75 bits per heavy atom. The van der Waals surface area contributed by atoms with Crippen molar-refractivity contribution in [1.29, 1.82) is 0 Å². The summed E-state index contributed by atoms with van der Waals surface area (Å²) in [6, 6.07) is 8.89. The molecule has 0 spiro atoms. The monoisotopic (exact) mass is 238 g/mol. The Balaban J connectivity index is 0.00000121. The number of hydrogen-bond acceptors (Lipinski definition) is 2. The second-order valence-corrected chi connectivity index (χ2v) is 2.57. The zero-order chi connectivity index (χ0) is 8.27. The van der Waals surface area contributed by atoms with Gasteiger partial charge in [0.1, 0.15) is 0 Å². The third-order valence-corrected chi connectivity index (χ3v) is 1.83. The SMILES string of the molecule is CNC(C)c1c[c-]ccc1N.[Y+3]. The topological polar surface area (TPSA) is 38.0 Å². The van der Waals surface area contributed by atoms with Crippen molar-refractivity contribution >= 4 is 5.69 Å². The fourth-order valence-electron chi connectivity index (χ4n) is 0.986. The fourth-order valence-corrected chi connectivity index (χ4v) is 0.986. The molecule has 3 N–H and O–H groups in total. The van der Waals surface area contributed by atoms with Gasteiger partial charge in [-0.15, -0.1) is 11.6 Å². The van der Waals surface area contributed by atoms with Crippen molar-refractivity contribution in [2.24, 2.45) is 0 Å². The molecular formula is C9H13N2Y+2. The van der Waals surface area contributed by atoms with Crippen LogP contribution in [0.1, 0.15) is 18.5 Å². The summed E-state index contributed by atoms with van der Waals surface area (Å²) >= 11 is 0. The molecule has 0 fully saturated rings. The molecule has 1 aromatic carbocycles. The Morgan fingerprint density at radius 1 is 1.58 bits per heavy atom. The summed E-state index contributed by atoms with van der Waals surface area (Å²) in [4.78, 5) is 0. The summed E-state index contributed by atoms with van der Waals surface area (Å²) < 4.78 is 0. The van der Waals surface area contributed by atoms with Gasteiger partial charge in [-0.1, -0.05) is 12.6 Å². The van der Waals surface area contributed by atoms with Crippen LogP contribution in [-0.4, -0.2) is 7.05 Å². The molecule has 0 heterocycles. The predicted octanol–water partition coefficient (Wildman–Crippen LogP) is 1.35. The number of benzene rings is 1. The Morgan fingerprint density at radius 2 is 2.25 bits per heavy atom. The molecule has 0 aliphatic carbocycles. The molecule has 0 amide bonds. The van der Waals surface area contributed by atoms with Gasteiger partial charge in [0, 0.05) is 0 Å². The van der Waals surface area contributed by atoms with Gasteiger partial charge in [-0.05, 0) is 13.1 Å². The molecule has 1 rings (SSSR count). The number of nitrogen functional groups attached to an aromatic ring is 1. The molecule has 0 saturated heterocycles. The molecule has 0 saturated carbocycles. The predicted molar refractivity (Wildman–Crippen MR) is 47.2 cm³/mol. The van der Waals surface area contributed by atoms with Gasteiger partial charge in [0.15, 0.2) is 0 Å². The normalized spacial score (nSPS) is 11.8. The largest absolute Gasteiger partial charge is 3.00 e. The van der Waals surface area contributed by atoms with Crippen molar-refractivity contribution in [3.05, 3.63) is 29.8 Å². The number of anilines is 1. The molecule has 0 aliphatic rings. The summed E-state index contributed by atoms with van der Waals surface area (Å²) in [5.41, 5.74) is 7.67. The minimum Gasteiger partial charge on any atom is -0.419 e. The minimum atomic E-state index is 0. The maximum atomic E-state index is 5.74. The fraction of sp³-hybridized carbons (Fsp3) is 0.333. The second-order valence-electron chi connectivity index (χ2n) is 2.57. The van der Waals surface area contributed by atoms with Gasteiger partial charge in [-0.25, -0.2) is 0 Å². The van der Waals surface area contributed by atoms with Crippen molar-refractivity contribution in [2.45, 2.75) is 13.0 Å². The summed E-state index contributed by atoms with van der Waals surface area (Å²) in [7, 11) is 1.91. The first kappa shape index (κ1) is 12.1. The van der Waals surface area contributed by atoms with Crippen molar-refractivity contribution < 1.29 is 32.7 Å². The standard InChI is InChI=1S/C9H13N2.Y/c1-7(11-2)8-5-3-4-6-9(8)10;/h4-7,11H,10H2,1-2H3;/q-1;+3. The van der Waals surface area contributed by atoms with E-state index in [-0.39, 0.29) is 32.7 Å². The van der Waals surface area contributed by atoms with Crippen LogP contribution in [0.15, 0.2) is 18.2 Å². The van der Waals surface area contributed by atoms with E-state index in [1.165, 1.54) is 0 Å². The summed E-state index contributed by atoms with van der Waals surface area (Å²) in [6.07, 6.45) is 0. The second kappa shape index (κ2) is 5.68. The Kier molecular flexibility index (Phi) is 5.72. The van der Waals surface area contributed by atoms with E-state index < -0.39 is 0 Å². The minimum absolute atomic E-state index is 0. The van der Waals surface area contributed by atoms with Crippen LogP contribution in [0.25, 0.3) is 0 Å². The first-order valence-electron chi connectivity index (χ1n) is 3.68. The van der Waals surface area contributed by atoms with Crippen LogP contribution in [0, 0.1) is 6.07 Å². The van der Waals surface area contributed by atoms with Gasteiger partial charge in [0.2, 0.25) is 0 Å². The Hall–Kier alpha value is 0.0839. The van der Waals surface area contributed by atoms with Crippen molar-refractivity contribution in [3.63, 3.8) is 0 Å². The van der Waals surface area contributed by atoms with E-state index >= 15 is 0 Å². The van der Waals surface area contributed by atoms with Gasteiger partial charge in [0.05, 0.1) is 0 Å². The molecular weight excluding hydrogens is 225 g/mol. The number of nitrogens with two attached hydrogens (primary N) is 1. The van der Waals surface area contributed by atoms with E-state index in [1.54, 1.807) is 0 Å². The van der Waals surface area contributed by atoms with Gasteiger partial charge >= 0.3 is 32.7 Å². The van der Waals surface area contributed by atoms with Crippen LogP contribution in [0.3, 0.4) is 0 Å². The molecule has 3 heteroatoms. The third kappa shape index (κ3) is 2.85.